The quantitative estimate of drug-likeness (QED) is 0.897. The molecular weight excluding hydrogens is 283 g/mol. The number of amides is 1. The van der Waals surface area contributed by atoms with Gasteiger partial charge in [0.2, 0.25) is 5.91 Å². The van der Waals surface area contributed by atoms with Gasteiger partial charge in [0.25, 0.3) is 0 Å². The molecule has 1 fully saturated rings. The average Bonchev–Trinajstić information content (AvgIpc) is 2.28. The summed E-state index contributed by atoms with van der Waals surface area (Å²) in [4.78, 5) is 11.8. The number of halogens is 2. The summed E-state index contributed by atoms with van der Waals surface area (Å²) in [6.45, 7) is 6.29. The van der Waals surface area contributed by atoms with Crippen molar-refractivity contribution in [2.24, 2.45) is 5.92 Å². The lowest BCUT2D eigenvalue weighted by atomic mass is 9.84. The van der Waals surface area contributed by atoms with Crippen molar-refractivity contribution in [2.75, 3.05) is 19.6 Å². The molecule has 0 spiro atoms. The monoisotopic (exact) mass is 300 g/mol. The first-order chi connectivity index (χ1) is 8.90. The lowest BCUT2D eigenvalue weighted by Gasteiger charge is -2.30. The molecule has 0 aliphatic carbocycles. The molecule has 2 N–H and O–H groups in total. The van der Waals surface area contributed by atoms with Gasteiger partial charge in [-0.1, -0.05) is 43.1 Å². The van der Waals surface area contributed by atoms with Crippen LogP contribution in [-0.4, -0.2) is 25.5 Å². The zero-order valence-corrected chi connectivity index (χ0v) is 12.6. The van der Waals surface area contributed by atoms with Crippen LogP contribution in [0, 0.1) is 5.92 Å². The third-order valence-corrected chi connectivity index (χ3v) is 4.30. The molecule has 1 aliphatic heterocycles. The van der Waals surface area contributed by atoms with E-state index >= 15 is 0 Å². The van der Waals surface area contributed by atoms with Crippen molar-refractivity contribution in [3.8, 4) is 0 Å². The maximum absolute atomic E-state index is 11.8. The van der Waals surface area contributed by atoms with Crippen LogP contribution in [0.25, 0.3) is 0 Å². The van der Waals surface area contributed by atoms with E-state index in [0.717, 1.165) is 18.7 Å². The molecule has 1 saturated heterocycles. The summed E-state index contributed by atoms with van der Waals surface area (Å²) < 4.78 is 0. The van der Waals surface area contributed by atoms with Gasteiger partial charge in [-0.3, -0.25) is 4.79 Å². The molecule has 0 aromatic heterocycles. The number of carbonyl (C=O) groups is 1. The van der Waals surface area contributed by atoms with Gasteiger partial charge in [0.05, 0.1) is 16.0 Å². The van der Waals surface area contributed by atoms with Gasteiger partial charge in [-0.05, 0) is 17.7 Å². The minimum absolute atomic E-state index is 0.115. The van der Waals surface area contributed by atoms with Crippen molar-refractivity contribution in [3.05, 3.63) is 33.8 Å². The number of hydrogen-bond acceptors (Lipinski definition) is 2. The van der Waals surface area contributed by atoms with Crippen LogP contribution in [0.1, 0.15) is 19.4 Å². The van der Waals surface area contributed by atoms with Gasteiger partial charge in [0.15, 0.2) is 0 Å². The molecule has 0 unspecified atom stereocenters. The Morgan fingerprint density at radius 2 is 2.05 bits per heavy atom. The molecule has 1 heterocycles. The lowest BCUT2D eigenvalue weighted by molar-refractivity contribution is -0.126. The van der Waals surface area contributed by atoms with E-state index in [1.54, 1.807) is 6.07 Å². The standard InChI is InChI=1S/C14H18Cl2N2O/c1-14(2,8-18-13(19)9-6-17-7-9)10-3-4-11(15)12(16)5-10/h3-5,9,17H,6-8H2,1-2H3,(H,18,19). The Balaban J connectivity index is 2.00. The maximum atomic E-state index is 11.8. The Labute approximate surface area is 123 Å². The summed E-state index contributed by atoms with van der Waals surface area (Å²) >= 11 is 12.0. The van der Waals surface area contributed by atoms with Gasteiger partial charge < -0.3 is 10.6 Å². The van der Waals surface area contributed by atoms with Crippen LogP contribution in [0.3, 0.4) is 0 Å². The van der Waals surface area contributed by atoms with E-state index < -0.39 is 0 Å². The highest BCUT2D eigenvalue weighted by Crippen LogP contribution is 2.29. The van der Waals surface area contributed by atoms with Gasteiger partial charge in [0, 0.05) is 25.0 Å². The topological polar surface area (TPSA) is 41.1 Å². The molecule has 0 bridgehead atoms. The molecule has 104 valence electrons. The highest BCUT2D eigenvalue weighted by atomic mass is 35.5. The van der Waals surface area contributed by atoms with E-state index in [9.17, 15) is 4.79 Å². The highest BCUT2D eigenvalue weighted by molar-refractivity contribution is 6.42. The van der Waals surface area contributed by atoms with E-state index in [0.29, 0.717) is 16.6 Å². The first-order valence-corrected chi connectivity index (χ1v) is 7.10. The van der Waals surface area contributed by atoms with Crippen molar-refractivity contribution in [1.82, 2.24) is 10.6 Å². The van der Waals surface area contributed by atoms with Gasteiger partial charge in [-0.15, -0.1) is 0 Å². The minimum atomic E-state index is -0.179. The van der Waals surface area contributed by atoms with Crippen molar-refractivity contribution in [2.45, 2.75) is 19.3 Å². The summed E-state index contributed by atoms with van der Waals surface area (Å²) in [7, 11) is 0. The summed E-state index contributed by atoms with van der Waals surface area (Å²) in [6.07, 6.45) is 0. The van der Waals surface area contributed by atoms with Crippen molar-refractivity contribution in [3.63, 3.8) is 0 Å². The third kappa shape index (κ3) is 3.41. The number of rotatable bonds is 4. The molecule has 0 radical (unpaired) electrons. The van der Waals surface area contributed by atoms with Gasteiger partial charge >= 0.3 is 0 Å². The average molecular weight is 301 g/mol. The van der Waals surface area contributed by atoms with Crippen LogP contribution in [-0.2, 0) is 10.2 Å². The fraction of sp³-hybridized carbons (Fsp3) is 0.500. The molecule has 19 heavy (non-hydrogen) atoms. The van der Waals surface area contributed by atoms with E-state index in [4.69, 9.17) is 23.2 Å². The zero-order chi connectivity index (χ0) is 14.0. The van der Waals surface area contributed by atoms with E-state index in [1.165, 1.54) is 0 Å². The second-order valence-corrected chi connectivity index (χ2v) is 6.40. The molecule has 2 rings (SSSR count). The maximum Gasteiger partial charge on any atom is 0.225 e. The van der Waals surface area contributed by atoms with Crippen molar-refractivity contribution < 1.29 is 4.79 Å². The zero-order valence-electron chi connectivity index (χ0n) is 11.1. The fourth-order valence-electron chi connectivity index (χ4n) is 1.95. The third-order valence-electron chi connectivity index (χ3n) is 3.56. The van der Waals surface area contributed by atoms with E-state index in [2.05, 4.69) is 24.5 Å². The van der Waals surface area contributed by atoms with Crippen LogP contribution in [0.5, 0.6) is 0 Å². The Morgan fingerprint density at radius 3 is 2.58 bits per heavy atom. The Hall–Kier alpha value is -0.770. The Kier molecular flexibility index (Phi) is 4.39. The number of carbonyl (C=O) groups excluding carboxylic acids is 1. The highest BCUT2D eigenvalue weighted by Gasteiger charge is 2.27. The molecular formula is C14H18Cl2N2O. The Bertz CT molecular complexity index is 484. The summed E-state index contributed by atoms with van der Waals surface area (Å²) in [5, 5.41) is 7.18. The molecule has 1 amide bonds. The molecule has 1 aromatic carbocycles. The van der Waals surface area contributed by atoms with Gasteiger partial charge in [-0.2, -0.15) is 0 Å². The van der Waals surface area contributed by atoms with Crippen molar-refractivity contribution >= 4 is 29.1 Å². The fourth-order valence-corrected chi connectivity index (χ4v) is 2.24. The van der Waals surface area contributed by atoms with Crippen LogP contribution in [0.15, 0.2) is 18.2 Å². The van der Waals surface area contributed by atoms with Crippen LogP contribution < -0.4 is 10.6 Å². The van der Waals surface area contributed by atoms with Crippen molar-refractivity contribution in [1.29, 1.82) is 0 Å². The molecule has 0 atom stereocenters. The second-order valence-electron chi connectivity index (χ2n) is 5.59. The number of benzene rings is 1. The smallest absolute Gasteiger partial charge is 0.225 e. The van der Waals surface area contributed by atoms with Crippen LogP contribution >= 0.6 is 23.2 Å². The molecule has 0 saturated carbocycles. The van der Waals surface area contributed by atoms with E-state index in [-0.39, 0.29) is 17.2 Å². The largest absolute Gasteiger partial charge is 0.355 e. The molecule has 5 heteroatoms. The van der Waals surface area contributed by atoms with E-state index in [1.807, 2.05) is 12.1 Å². The SMILES string of the molecule is CC(C)(CNC(=O)C1CNC1)c1ccc(Cl)c(Cl)c1. The first kappa shape index (κ1) is 14.6. The van der Waals surface area contributed by atoms with Gasteiger partial charge in [0.1, 0.15) is 0 Å². The number of nitrogens with one attached hydrogen (secondary N) is 2. The number of hydrogen-bond donors (Lipinski definition) is 2. The normalized spacial score (nSPS) is 16.0. The molecule has 1 aliphatic rings. The van der Waals surface area contributed by atoms with Gasteiger partial charge in [-0.25, -0.2) is 0 Å². The lowest BCUT2D eigenvalue weighted by Crippen LogP contribution is -2.52. The second kappa shape index (κ2) is 5.70. The predicted molar refractivity (Wildman–Crippen MR) is 78.9 cm³/mol. The van der Waals surface area contributed by atoms with Crippen LogP contribution in [0.4, 0.5) is 0 Å². The Morgan fingerprint density at radius 1 is 1.37 bits per heavy atom. The summed E-state index contributed by atoms with van der Waals surface area (Å²) in [5.74, 6) is 0.233. The predicted octanol–water partition coefficient (Wildman–Crippen LogP) is 2.61. The first-order valence-electron chi connectivity index (χ1n) is 6.34. The summed E-state index contributed by atoms with van der Waals surface area (Å²) in [6, 6.07) is 5.60. The minimum Gasteiger partial charge on any atom is -0.355 e. The van der Waals surface area contributed by atoms with Crippen LogP contribution in [0.2, 0.25) is 10.0 Å². The molecule has 1 aromatic rings. The summed E-state index contributed by atoms with van der Waals surface area (Å²) in [5.41, 5.74) is 0.884. The molecule has 3 nitrogen and oxygen atoms in total.